The first-order valence-electron chi connectivity index (χ1n) is 12.8. The van der Waals surface area contributed by atoms with E-state index in [0.29, 0.717) is 40.5 Å². The van der Waals surface area contributed by atoms with Gasteiger partial charge in [-0.2, -0.15) is 5.26 Å². The van der Waals surface area contributed by atoms with Crippen LogP contribution in [0.25, 0.3) is 22.6 Å². The van der Waals surface area contributed by atoms with Gasteiger partial charge >= 0.3 is 0 Å². The maximum atomic E-state index is 13.0. The molecule has 1 atom stereocenters. The van der Waals surface area contributed by atoms with Gasteiger partial charge in [0.05, 0.1) is 41.5 Å². The van der Waals surface area contributed by atoms with Crippen molar-refractivity contribution in [3.63, 3.8) is 0 Å². The van der Waals surface area contributed by atoms with Crippen molar-refractivity contribution in [2.24, 2.45) is 0 Å². The molecule has 0 bridgehead atoms. The van der Waals surface area contributed by atoms with Gasteiger partial charge in [0, 0.05) is 11.3 Å². The number of aromatic nitrogens is 6. The molecule has 0 aliphatic heterocycles. The van der Waals surface area contributed by atoms with E-state index in [4.69, 9.17) is 4.74 Å². The molecule has 10 nitrogen and oxygen atoms in total. The van der Waals surface area contributed by atoms with E-state index in [1.807, 2.05) is 42.5 Å². The third-order valence-electron chi connectivity index (χ3n) is 6.03. The van der Waals surface area contributed by atoms with Crippen molar-refractivity contribution >= 4 is 11.9 Å². The summed E-state index contributed by atoms with van der Waals surface area (Å²) in [5.74, 6) is 0.239. The number of amides is 1. The molecule has 0 radical (unpaired) electrons. The second-order valence-corrected chi connectivity index (χ2v) is 8.99. The van der Waals surface area contributed by atoms with E-state index in [2.05, 4.69) is 43.6 Å². The Kier molecular flexibility index (Phi) is 7.83. The Hall–Kier alpha value is -5.43. The number of aryl methyl sites for hydroxylation is 1. The van der Waals surface area contributed by atoms with Gasteiger partial charge in [0.15, 0.2) is 6.10 Å². The number of pyridine rings is 1. The lowest BCUT2D eigenvalue weighted by molar-refractivity contribution is -0.122. The lowest BCUT2D eigenvalue weighted by Crippen LogP contribution is -2.31. The molecule has 0 saturated heterocycles. The molecule has 0 aliphatic rings. The van der Waals surface area contributed by atoms with E-state index in [1.165, 1.54) is 0 Å². The second kappa shape index (κ2) is 12.0. The summed E-state index contributed by atoms with van der Waals surface area (Å²) in [5.41, 5.74) is 4.52. The quantitative estimate of drug-likeness (QED) is 0.290. The van der Waals surface area contributed by atoms with Crippen molar-refractivity contribution in [2.75, 3.05) is 5.32 Å². The molecule has 5 aromatic rings. The van der Waals surface area contributed by atoms with Crippen LogP contribution >= 0.6 is 0 Å². The van der Waals surface area contributed by atoms with Gasteiger partial charge in [0.1, 0.15) is 11.4 Å². The number of carbonyl (C=O) groups excluding carboxylic acids is 1. The van der Waals surface area contributed by atoms with Crippen LogP contribution in [0, 0.1) is 11.3 Å². The number of nitrogens with zero attached hydrogens (tertiary/aromatic N) is 7. The third kappa shape index (κ3) is 6.34. The molecule has 3 heterocycles. The summed E-state index contributed by atoms with van der Waals surface area (Å²) >= 11 is 0. The summed E-state index contributed by atoms with van der Waals surface area (Å²) in [5, 5.41) is 20.7. The third-order valence-corrected chi connectivity index (χ3v) is 6.03. The SMILES string of the molecule is CCc1cccc(Cn2cc(-c3cc(-c4cccc(C#N)c4)nc(NC(=O)C(C)Oc4ccccc4)n3)nn2)n1. The lowest BCUT2D eigenvalue weighted by atomic mass is 10.1. The zero-order valence-electron chi connectivity index (χ0n) is 22.0. The predicted molar refractivity (Wildman–Crippen MR) is 149 cm³/mol. The highest BCUT2D eigenvalue weighted by molar-refractivity contribution is 5.93. The van der Waals surface area contributed by atoms with E-state index < -0.39 is 12.0 Å². The van der Waals surface area contributed by atoms with Gasteiger partial charge < -0.3 is 4.74 Å². The van der Waals surface area contributed by atoms with E-state index in [1.54, 1.807) is 54.2 Å². The van der Waals surface area contributed by atoms with Crippen LogP contribution in [0.5, 0.6) is 5.75 Å². The van der Waals surface area contributed by atoms with Crippen LogP contribution in [0.1, 0.15) is 30.8 Å². The van der Waals surface area contributed by atoms with E-state index in [9.17, 15) is 10.1 Å². The highest BCUT2D eigenvalue weighted by Crippen LogP contribution is 2.25. The van der Waals surface area contributed by atoms with E-state index in [0.717, 1.165) is 17.8 Å². The molecule has 2 aromatic carbocycles. The molecule has 1 unspecified atom stereocenters. The maximum Gasteiger partial charge on any atom is 0.267 e. The van der Waals surface area contributed by atoms with E-state index in [-0.39, 0.29) is 5.95 Å². The number of hydrogen-bond donors (Lipinski definition) is 1. The maximum absolute atomic E-state index is 13.0. The molecule has 0 spiro atoms. The van der Waals surface area contributed by atoms with Crippen LogP contribution in [0.2, 0.25) is 0 Å². The molecule has 0 fully saturated rings. The van der Waals surface area contributed by atoms with Crippen LogP contribution in [0.15, 0.2) is 85.1 Å². The standard InChI is InChI=1S/C30H26N8O2/c1-3-23-11-8-12-24(32-23)18-38-19-28(36-37-38)27-16-26(22-10-7-9-21(15-22)17-31)33-30(34-27)35-29(39)20(2)40-25-13-5-4-6-14-25/h4-16,19-20H,3,18H2,1-2H3,(H,33,34,35,39). The fourth-order valence-corrected chi connectivity index (χ4v) is 3.97. The van der Waals surface area contributed by atoms with Gasteiger partial charge in [-0.3, -0.25) is 15.1 Å². The minimum Gasteiger partial charge on any atom is -0.481 e. The first kappa shape index (κ1) is 26.2. The first-order valence-corrected chi connectivity index (χ1v) is 12.8. The average Bonchev–Trinajstić information content (AvgIpc) is 3.46. The normalized spacial score (nSPS) is 11.4. The van der Waals surface area contributed by atoms with E-state index >= 15 is 0 Å². The number of nitrogens with one attached hydrogen (secondary N) is 1. The number of anilines is 1. The minimum atomic E-state index is -0.799. The Morgan fingerprint density at radius 1 is 0.950 bits per heavy atom. The summed E-state index contributed by atoms with van der Waals surface area (Å²) in [6.45, 7) is 4.15. The predicted octanol–water partition coefficient (Wildman–Crippen LogP) is 4.69. The Morgan fingerprint density at radius 2 is 1.73 bits per heavy atom. The van der Waals surface area contributed by atoms with Crippen molar-refractivity contribution < 1.29 is 9.53 Å². The largest absolute Gasteiger partial charge is 0.481 e. The number of rotatable bonds is 9. The summed E-state index contributed by atoms with van der Waals surface area (Å²) in [4.78, 5) is 26.7. The summed E-state index contributed by atoms with van der Waals surface area (Å²) < 4.78 is 7.43. The number of benzene rings is 2. The molecule has 0 aliphatic carbocycles. The molecule has 10 heteroatoms. The Labute approximate surface area is 231 Å². The summed E-state index contributed by atoms with van der Waals surface area (Å²) in [7, 11) is 0. The van der Waals surface area contributed by atoms with Gasteiger partial charge in [0.2, 0.25) is 5.95 Å². The number of hydrogen-bond acceptors (Lipinski definition) is 8. The molecule has 0 saturated carbocycles. The van der Waals surface area contributed by atoms with Gasteiger partial charge in [-0.1, -0.05) is 48.5 Å². The van der Waals surface area contributed by atoms with Crippen molar-refractivity contribution in [1.29, 1.82) is 5.26 Å². The van der Waals surface area contributed by atoms with Gasteiger partial charge in [-0.25, -0.2) is 14.6 Å². The molecular weight excluding hydrogens is 504 g/mol. The van der Waals surface area contributed by atoms with Crippen molar-refractivity contribution in [3.8, 4) is 34.5 Å². The molecular formula is C30H26N8O2. The Bertz CT molecular complexity index is 1680. The molecule has 3 aromatic heterocycles. The highest BCUT2D eigenvalue weighted by Gasteiger charge is 2.19. The molecule has 1 N–H and O–H groups in total. The summed E-state index contributed by atoms with van der Waals surface area (Å²) in [6, 6.07) is 25.9. The van der Waals surface area contributed by atoms with Crippen molar-refractivity contribution in [2.45, 2.75) is 32.9 Å². The number of carbonyl (C=O) groups is 1. The zero-order valence-corrected chi connectivity index (χ0v) is 22.0. The fraction of sp³-hybridized carbons (Fsp3) is 0.167. The molecule has 198 valence electrons. The van der Waals surface area contributed by atoms with Crippen LogP contribution in [-0.2, 0) is 17.8 Å². The Balaban J connectivity index is 1.44. The fourth-order valence-electron chi connectivity index (χ4n) is 3.97. The first-order chi connectivity index (χ1) is 19.5. The minimum absolute atomic E-state index is 0.0789. The molecule has 40 heavy (non-hydrogen) atoms. The van der Waals surface area contributed by atoms with Gasteiger partial charge in [-0.05, 0) is 55.8 Å². The molecule has 1 amide bonds. The topological polar surface area (TPSA) is 132 Å². The highest BCUT2D eigenvalue weighted by atomic mass is 16.5. The molecule has 5 rings (SSSR count). The van der Waals surface area contributed by atoms with Crippen LogP contribution < -0.4 is 10.1 Å². The van der Waals surface area contributed by atoms with Crippen molar-refractivity contribution in [3.05, 3.63) is 102 Å². The van der Waals surface area contributed by atoms with Gasteiger partial charge in [-0.15, -0.1) is 5.10 Å². The second-order valence-electron chi connectivity index (χ2n) is 8.99. The zero-order chi connectivity index (χ0) is 27.9. The van der Waals surface area contributed by atoms with Crippen LogP contribution in [0.3, 0.4) is 0 Å². The van der Waals surface area contributed by atoms with Crippen LogP contribution in [-0.4, -0.2) is 42.0 Å². The monoisotopic (exact) mass is 530 g/mol. The summed E-state index contributed by atoms with van der Waals surface area (Å²) in [6.07, 6.45) is 1.81. The lowest BCUT2D eigenvalue weighted by Gasteiger charge is -2.14. The smallest absolute Gasteiger partial charge is 0.267 e. The van der Waals surface area contributed by atoms with Crippen LogP contribution in [0.4, 0.5) is 5.95 Å². The Morgan fingerprint density at radius 3 is 2.52 bits per heavy atom. The average molecular weight is 531 g/mol. The van der Waals surface area contributed by atoms with Crippen molar-refractivity contribution in [1.82, 2.24) is 29.9 Å². The number of ether oxygens (including phenoxy) is 1. The van der Waals surface area contributed by atoms with Gasteiger partial charge in [0.25, 0.3) is 5.91 Å². The number of nitriles is 1. The number of para-hydroxylation sites is 1.